The molecule has 3 heteroatoms. The normalized spacial score (nSPS) is 16.0. The Labute approximate surface area is 154 Å². The summed E-state index contributed by atoms with van der Waals surface area (Å²) in [5.41, 5.74) is 2.80. The summed E-state index contributed by atoms with van der Waals surface area (Å²) >= 11 is 0. The van der Waals surface area contributed by atoms with Gasteiger partial charge in [-0.05, 0) is 59.6 Å². The van der Waals surface area contributed by atoms with Gasteiger partial charge in [0.1, 0.15) is 0 Å². The van der Waals surface area contributed by atoms with Crippen LogP contribution in [0.5, 0.6) is 0 Å². The van der Waals surface area contributed by atoms with E-state index in [1.54, 1.807) is 33.3 Å². The van der Waals surface area contributed by atoms with Gasteiger partial charge in [-0.25, -0.2) is 0 Å². The van der Waals surface area contributed by atoms with Crippen LogP contribution in [0.4, 0.5) is 0 Å². The molecule has 142 valence electrons. The Kier molecular flexibility index (Phi) is 12.1. The van der Waals surface area contributed by atoms with Crippen molar-refractivity contribution >= 4 is 0 Å². The number of rotatable bonds is 11. The molecule has 0 spiro atoms. The molecule has 0 heterocycles. The molecular weight excluding hydrogens is 312 g/mol. The lowest BCUT2D eigenvalue weighted by atomic mass is 10.0. The Morgan fingerprint density at radius 3 is 1.96 bits per heavy atom. The van der Waals surface area contributed by atoms with Crippen molar-refractivity contribution < 1.29 is 14.6 Å². The summed E-state index contributed by atoms with van der Waals surface area (Å²) in [5, 5.41) is 10.4. The van der Waals surface area contributed by atoms with Gasteiger partial charge in [-0.3, -0.25) is 0 Å². The molecule has 0 saturated heterocycles. The SMILES string of the molecule is COC(CC(C)=CC=CC(C)(O)C=CC=C(C)CCC=C(C)C)OC. The standard InChI is InChI=1S/C22H36O3/c1-18(2)11-8-12-19(3)13-9-15-22(5,23)16-10-14-20(4)17-21(24-6)25-7/h9-11,13-16,21,23H,8,12,17H2,1-7H3. The van der Waals surface area contributed by atoms with Gasteiger partial charge in [0.05, 0.1) is 5.60 Å². The van der Waals surface area contributed by atoms with Gasteiger partial charge in [0.15, 0.2) is 6.29 Å². The van der Waals surface area contributed by atoms with Crippen molar-refractivity contribution in [2.75, 3.05) is 14.2 Å². The molecule has 0 radical (unpaired) electrons. The second-order valence-corrected chi connectivity index (χ2v) is 6.90. The monoisotopic (exact) mass is 348 g/mol. The quantitative estimate of drug-likeness (QED) is 0.304. The Bertz CT molecular complexity index is 511. The highest BCUT2D eigenvalue weighted by molar-refractivity contribution is 5.22. The zero-order valence-electron chi connectivity index (χ0n) is 17.0. The highest BCUT2D eigenvalue weighted by atomic mass is 16.7. The fraction of sp³-hybridized carbons (Fsp3) is 0.545. The molecule has 0 rings (SSSR count). The molecule has 1 N–H and O–H groups in total. The predicted octanol–water partition coefficient (Wildman–Crippen LogP) is 5.50. The van der Waals surface area contributed by atoms with E-state index in [1.165, 1.54) is 11.1 Å². The van der Waals surface area contributed by atoms with Gasteiger partial charge in [0.25, 0.3) is 0 Å². The van der Waals surface area contributed by atoms with E-state index < -0.39 is 5.60 Å². The maximum absolute atomic E-state index is 10.4. The zero-order chi connectivity index (χ0) is 19.3. The van der Waals surface area contributed by atoms with Crippen LogP contribution in [0.15, 0.2) is 59.3 Å². The van der Waals surface area contributed by atoms with Crippen LogP contribution in [0.1, 0.15) is 53.9 Å². The molecule has 0 aromatic carbocycles. The minimum Gasteiger partial charge on any atom is -0.382 e. The van der Waals surface area contributed by atoms with Crippen LogP contribution < -0.4 is 0 Å². The summed E-state index contributed by atoms with van der Waals surface area (Å²) in [5.74, 6) is 0. The number of ether oxygens (including phenoxy) is 2. The van der Waals surface area contributed by atoms with E-state index in [0.29, 0.717) is 6.42 Å². The van der Waals surface area contributed by atoms with Crippen molar-refractivity contribution in [2.45, 2.75) is 65.8 Å². The number of methoxy groups -OCH3 is 2. The molecule has 3 nitrogen and oxygen atoms in total. The van der Waals surface area contributed by atoms with Gasteiger partial charge in [-0.2, -0.15) is 0 Å². The van der Waals surface area contributed by atoms with Crippen LogP contribution in [0.2, 0.25) is 0 Å². The average Bonchev–Trinajstić information content (AvgIpc) is 2.51. The van der Waals surface area contributed by atoms with E-state index in [4.69, 9.17) is 9.47 Å². The summed E-state index contributed by atoms with van der Waals surface area (Å²) in [6.07, 6.45) is 16.2. The molecule has 25 heavy (non-hydrogen) atoms. The first-order valence-electron chi connectivity index (χ1n) is 8.81. The molecule has 0 bridgehead atoms. The lowest BCUT2D eigenvalue weighted by Gasteiger charge is -2.14. The van der Waals surface area contributed by atoms with E-state index in [0.717, 1.165) is 18.4 Å². The van der Waals surface area contributed by atoms with E-state index in [1.807, 2.05) is 25.2 Å². The molecule has 0 aliphatic carbocycles. The lowest BCUT2D eigenvalue weighted by Crippen LogP contribution is -2.16. The van der Waals surface area contributed by atoms with E-state index in [2.05, 4.69) is 32.9 Å². The van der Waals surface area contributed by atoms with Crippen LogP contribution in [0.25, 0.3) is 0 Å². The molecule has 0 aromatic rings. The minimum absolute atomic E-state index is 0.232. The third-order valence-corrected chi connectivity index (χ3v) is 3.73. The second-order valence-electron chi connectivity index (χ2n) is 6.90. The highest BCUT2D eigenvalue weighted by Crippen LogP contribution is 2.12. The first kappa shape index (κ1) is 23.6. The molecule has 0 fully saturated rings. The smallest absolute Gasteiger partial charge is 0.160 e. The first-order valence-corrected chi connectivity index (χ1v) is 8.81. The molecule has 1 unspecified atom stereocenters. The van der Waals surface area contributed by atoms with E-state index in [9.17, 15) is 5.11 Å². The van der Waals surface area contributed by atoms with Crippen molar-refractivity contribution in [3.63, 3.8) is 0 Å². The Hall–Kier alpha value is -1.42. The van der Waals surface area contributed by atoms with Crippen molar-refractivity contribution in [3.8, 4) is 0 Å². The second kappa shape index (κ2) is 12.9. The number of aliphatic hydroxyl groups is 1. The largest absolute Gasteiger partial charge is 0.382 e. The average molecular weight is 349 g/mol. The fourth-order valence-electron chi connectivity index (χ4n) is 2.14. The van der Waals surface area contributed by atoms with Crippen LogP contribution in [0.3, 0.4) is 0 Å². The van der Waals surface area contributed by atoms with Gasteiger partial charge >= 0.3 is 0 Å². The van der Waals surface area contributed by atoms with Crippen LogP contribution in [0, 0.1) is 0 Å². The van der Waals surface area contributed by atoms with Crippen LogP contribution >= 0.6 is 0 Å². The molecule has 0 aromatic heterocycles. The number of allylic oxidation sites excluding steroid dienone is 7. The Morgan fingerprint density at radius 1 is 0.960 bits per heavy atom. The van der Waals surface area contributed by atoms with Gasteiger partial charge < -0.3 is 14.6 Å². The van der Waals surface area contributed by atoms with E-state index in [-0.39, 0.29) is 6.29 Å². The number of hydrogen-bond donors (Lipinski definition) is 1. The van der Waals surface area contributed by atoms with Gasteiger partial charge in [-0.15, -0.1) is 0 Å². The fourth-order valence-corrected chi connectivity index (χ4v) is 2.14. The topological polar surface area (TPSA) is 38.7 Å². The molecule has 0 aliphatic rings. The summed E-state index contributed by atoms with van der Waals surface area (Å²) in [7, 11) is 3.25. The minimum atomic E-state index is -0.977. The van der Waals surface area contributed by atoms with Crippen molar-refractivity contribution in [1.82, 2.24) is 0 Å². The maximum atomic E-state index is 10.4. The van der Waals surface area contributed by atoms with Gasteiger partial charge in [-0.1, -0.05) is 47.1 Å². The Balaban J connectivity index is 4.58. The summed E-state index contributed by atoms with van der Waals surface area (Å²) in [6, 6.07) is 0. The third kappa shape index (κ3) is 13.5. The van der Waals surface area contributed by atoms with Crippen LogP contribution in [-0.2, 0) is 9.47 Å². The third-order valence-electron chi connectivity index (χ3n) is 3.73. The van der Waals surface area contributed by atoms with E-state index >= 15 is 0 Å². The molecule has 0 aliphatic heterocycles. The maximum Gasteiger partial charge on any atom is 0.160 e. The summed E-state index contributed by atoms with van der Waals surface area (Å²) in [6.45, 7) is 10.1. The molecule has 1 atom stereocenters. The Morgan fingerprint density at radius 2 is 1.48 bits per heavy atom. The molecular formula is C22H36O3. The summed E-state index contributed by atoms with van der Waals surface area (Å²) < 4.78 is 10.4. The van der Waals surface area contributed by atoms with Crippen LogP contribution in [-0.4, -0.2) is 31.2 Å². The zero-order valence-corrected chi connectivity index (χ0v) is 17.0. The highest BCUT2D eigenvalue weighted by Gasteiger charge is 2.10. The predicted molar refractivity (Wildman–Crippen MR) is 108 cm³/mol. The number of hydrogen-bond acceptors (Lipinski definition) is 3. The summed E-state index contributed by atoms with van der Waals surface area (Å²) in [4.78, 5) is 0. The lowest BCUT2D eigenvalue weighted by molar-refractivity contribution is -0.100. The van der Waals surface area contributed by atoms with Gasteiger partial charge in [0, 0.05) is 20.6 Å². The van der Waals surface area contributed by atoms with Gasteiger partial charge in [0.2, 0.25) is 0 Å². The van der Waals surface area contributed by atoms with Crippen molar-refractivity contribution in [1.29, 1.82) is 0 Å². The first-order chi connectivity index (χ1) is 11.7. The molecule has 0 amide bonds. The van der Waals surface area contributed by atoms with Crippen molar-refractivity contribution in [3.05, 3.63) is 59.3 Å². The van der Waals surface area contributed by atoms with Crippen molar-refractivity contribution in [2.24, 2.45) is 0 Å². The molecule has 0 saturated carbocycles.